The summed E-state index contributed by atoms with van der Waals surface area (Å²) in [5.41, 5.74) is 0. The van der Waals surface area contributed by atoms with Gasteiger partial charge in [-0.2, -0.15) is 0 Å². The third-order valence-electron chi connectivity index (χ3n) is 1.23. The fraction of sp³-hybridized carbons (Fsp3) is 0.375. The molecule has 0 saturated carbocycles. The molecular weight excluding hydrogens is 158 g/mol. The largest absolute Gasteiger partial charge is 0.322 e. The second-order valence-corrected chi connectivity index (χ2v) is 2.48. The molecular formula is C8H13NOS. The van der Waals surface area contributed by atoms with Gasteiger partial charge in [0, 0.05) is 17.6 Å². The van der Waals surface area contributed by atoms with E-state index >= 15 is 0 Å². The molecule has 0 atom stereocenters. The third-order valence-corrected chi connectivity index (χ3v) is 1.64. The van der Waals surface area contributed by atoms with Gasteiger partial charge in [-0.3, -0.25) is 4.79 Å². The summed E-state index contributed by atoms with van der Waals surface area (Å²) in [6.45, 7) is 4.49. The van der Waals surface area contributed by atoms with Crippen molar-refractivity contribution in [1.82, 2.24) is 4.90 Å². The van der Waals surface area contributed by atoms with Crippen molar-refractivity contribution in [2.75, 3.05) is 6.54 Å². The summed E-state index contributed by atoms with van der Waals surface area (Å²) in [6.07, 6.45) is 6.13. The number of thiol groups is 1. The maximum absolute atomic E-state index is 10.3. The smallest absolute Gasteiger partial charge is 0.213 e. The minimum absolute atomic E-state index is 0.685. The van der Waals surface area contributed by atoms with Crippen LogP contribution < -0.4 is 0 Å². The molecule has 0 spiro atoms. The minimum atomic E-state index is 0.685. The molecule has 0 aromatic carbocycles. The van der Waals surface area contributed by atoms with E-state index in [4.69, 9.17) is 0 Å². The van der Waals surface area contributed by atoms with Gasteiger partial charge in [0.25, 0.3) is 0 Å². The fourth-order valence-electron chi connectivity index (χ4n) is 0.483. The monoisotopic (exact) mass is 171 g/mol. The molecule has 0 aromatic rings. The quantitative estimate of drug-likeness (QED) is 0.388. The molecule has 11 heavy (non-hydrogen) atoms. The highest BCUT2D eigenvalue weighted by Crippen LogP contribution is 2.01. The van der Waals surface area contributed by atoms with Crippen molar-refractivity contribution in [2.24, 2.45) is 0 Å². The zero-order valence-electron chi connectivity index (χ0n) is 6.82. The summed E-state index contributed by atoms with van der Waals surface area (Å²) < 4.78 is 0. The first kappa shape index (κ1) is 10.3. The van der Waals surface area contributed by atoms with Gasteiger partial charge < -0.3 is 4.90 Å². The molecule has 0 heterocycles. The SMILES string of the molecule is C/C=C(S)\C=C/N(C=O)CC. The van der Waals surface area contributed by atoms with Crippen molar-refractivity contribution in [3.63, 3.8) is 0 Å². The number of amides is 1. The highest BCUT2D eigenvalue weighted by Gasteiger charge is 1.88. The van der Waals surface area contributed by atoms with Crippen molar-refractivity contribution < 1.29 is 4.79 Å². The van der Waals surface area contributed by atoms with E-state index in [1.54, 1.807) is 17.2 Å². The number of hydrogen-bond donors (Lipinski definition) is 1. The van der Waals surface area contributed by atoms with Gasteiger partial charge in [0.05, 0.1) is 0 Å². The van der Waals surface area contributed by atoms with Crippen LogP contribution in [-0.2, 0) is 4.79 Å². The molecule has 0 fully saturated rings. The molecule has 0 aromatic heterocycles. The summed E-state index contributed by atoms with van der Waals surface area (Å²) in [4.78, 5) is 12.7. The Balaban J connectivity index is 3.98. The van der Waals surface area contributed by atoms with E-state index < -0.39 is 0 Å². The van der Waals surface area contributed by atoms with Crippen molar-refractivity contribution in [2.45, 2.75) is 13.8 Å². The second-order valence-electron chi connectivity index (χ2n) is 1.97. The first-order valence-electron chi connectivity index (χ1n) is 3.49. The molecule has 0 radical (unpaired) electrons. The van der Waals surface area contributed by atoms with Crippen molar-refractivity contribution in [3.05, 3.63) is 23.3 Å². The minimum Gasteiger partial charge on any atom is -0.322 e. The average Bonchev–Trinajstić information content (AvgIpc) is 2.06. The van der Waals surface area contributed by atoms with Crippen LogP contribution in [0, 0.1) is 0 Å². The number of rotatable bonds is 4. The van der Waals surface area contributed by atoms with E-state index in [-0.39, 0.29) is 0 Å². The normalized spacial score (nSPS) is 12.1. The molecule has 0 N–H and O–H groups in total. The summed E-state index contributed by atoms with van der Waals surface area (Å²) in [5, 5.41) is 0. The summed E-state index contributed by atoms with van der Waals surface area (Å²) in [6, 6.07) is 0. The van der Waals surface area contributed by atoms with E-state index in [0.717, 1.165) is 11.3 Å². The Morgan fingerprint density at radius 3 is 2.64 bits per heavy atom. The van der Waals surface area contributed by atoms with Gasteiger partial charge in [-0.25, -0.2) is 0 Å². The van der Waals surface area contributed by atoms with Crippen LogP contribution in [0.15, 0.2) is 23.3 Å². The first-order chi connectivity index (χ1) is 5.24. The third kappa shape index (κ3) is 4.67. The molecule has 0 aliphatic carbocycles. The van der Waals surface area contributed by atoms with E-state index in [2.05, 4.69) is 12.6 Å². The summed E-state index contributed by atoms with van der Waals surface area (Å²) in [7, 11) is 0. The molecule has 2 nitrogen and oxygen atoms in total. The van der Waals surface area contributed by atoms with Crippen LogP contribution in [0.3, 0.4) is 0 Å². The maximum atomic E-state index is 10.3. The zero-order chi connectivity index (χ0) is 8.69. The van der Waals surface area contributed by atoms with Crippen LogP contribution in [0.4, 0.5) is 0 Å². The van der Waals surface area contributed by atoms with E-state index in [1.165, 1.54) is 0 Å². The Morgan fingerprint density at radius 2 is 2.27 bits per heavy atom. The standard InChI is InChI=1S/C8H13NOS/c1-3-8(11)5-6-9(4-2)7-10/h3,5-7,11H,4H2,1-2H3/b6-5-,8-3+. The molecule has 62 valence electrons. The Hall–Kier alpha value is -0.700. The number of allylic oxidation sites excluding steroid dienone is 2. The molecule has 3 heteroatoms. The lowest BCUT2D eigenvalue weighted by atomic mass is 10.5. The molecule has 0 saturated heterocycles. The second kappa shape index (κ2) is 6.04. The van der Waals surface area contributed by atoms with Crippen LogP contribution in [0.25, 0.3) is 0 Å². The molecule has 0 aliphatic rings. The van der Waals surface area contributed by atoms with Gasteiger partial charge in [-0.05, 0) is 19.9 Å². The molecule has 0 aliphatic heterocycles. The van der Waals surface area contributed by atoms with Gasteiger partial charge in [0.2, 0.25) is 6.41 Å². The van der Waals surface area contributed by atoms with Crippen LogP contribution in [0.1, 0.15) is 13.8 Å². The van der Waals surface area contributed by atoms with Crippen molar-refractivity contribution >= 4 is 19.0 Å². The van der Waals surface area contributed by atoms with Gasteiger partial charge >= 0.3 is 0 Å². The highest BCUT2D eigenvalue weighted by atomic mass is 32.1. The molecule has 1 amide bonds. The van der Waals surface area contributed by atoms with E-state index in [9.17, 15) is 4.79 Å². The van der Waals surface area contributed by atoms with Crippen LogP contribution in [0.5, 0.6) is 0 Å². The predicted octanol–water partition coefficient (Wildman–Crippen LogP) is 1.81. The summed E-state index contributed by atoms with van der Waals surface area (Å²) >= 11 is 4.11. The molecule has 0 unspecified atom stereocenters. The topological polar surface area (TPSA) is 20.3 Å². The van der Waals surface area contributed by atoms with E-state index in [1.807, 2.05) is 19.9 Å². The van der Waals surface area contributed by atoms with Crippen LogP contribution in [0.2, 0.25) is 0 Å². The number of carbonyl (C=O) groups excluding carboxylic acids is 1. The lowest BCUT2D eigenvalue weighted by molar-refractivity contribution is -0.115. The Labute approximate surface area is 73.0 Å². The van der Waals surface area contributed by atoms with Gasteiger partial charge in [-0.15, -0.1) is 12.6 Å². The zero-order valence-corrected chi connectivity index (χ0v) is 7.71. The Morgan fingerprint density at radius 1 is 1.64 bits per heavy atom. The lowest BCUT2D eigenvalue weighted by Gasteiger charge is -2.06. The highest BCUT2D eigenvalue weighted by molar-refractivity contribution is 7.84. The summed E-state index contributed by atoms with van der Waals surface area (Å²) in [5.74, 6) is 0. The Kier molecular flexibility index (Phi) is 5.65. The van der Waals surface area contributed by atoms with E-state index in [0.29, 0.717) is 6.54 Å². The average molecular weight is 171 g/mol. The van der Waals surface area contributed by atoms with Crippen LogP contribution in [-0.4, -0.2) is 17.9 Å². The number of hydrogen-bond acceptors (Lipinski definition) is 2. The van der Waals surface area contributed by atoms with Gasteiger partial charge in [-0.1, -0.05) is 6.08 Å². The maximum Gasteiger partial charge on any atom is 0.213 e. The van der Waals surface area contributed by atoms with Crippen LogP contribution >= 0.6 is 12.6 Å². The van der Waals surface area contributed by atoms with Crippen molar-refractivity contribution in [3.8, 4) is 0 Å². The lowest BCUT2D eigenvalue weighted by Crippen LogP contribution is -2.12. The fourth-order valence-corrected chi connectivity index (χ4v) is 0.550. The van der Waals surface area contributed by atoms with Crippen molar-refractivity contribution in [1.29, 1.82) is 0 Å². The predicted molar refractivity (Wildman–Crippen MR) is 50.3 cm³/mol. The Bertz CT molecular complexity index is 175. The molecule has 0 bridgehead atoms. The first-order valence-corrected chi connectivity index (χ1v) is 3.93. The van der Waals surface area contributed by atoms with Gasteiger partial charge in [0.1, 0.15) is 0 Å². The number of carbonyl (C=O) groups is 1. The van der Waals surface area contributed by atoms with Gasteiger partial charge in [0.15, 0.2) is 0 Å². The number of nitrogens with zero attached hydrogens (tertiary/aromatic N) is 1. The molecule has 0 rings (SSSR count).